The van der Waals surface area contributed by atoms with Crippen LogP contribution < -0.4 is 5.32 Å². The molecule has 0 heterocycles. The average Bonchev–Trinajstić information content (AvgIpc) is 2.32. The summed E-state index contributed by atoms with van der Waals surface area (Å²) < 4.78 is 13.9. The number of rotatable bonds is 3. The number of hydrogen-bond donors (Lipinski definition) is 1. The standard InChI is InChI=1S/C14H16FN/c1-2-9-16-10-13-12-6-4-3-5-11(12)7-8-14(13)15/h1,3-6,13-14,16H,7-10H2. The first-order chi connectivity index (χ1) is 7.83. The molecule has 1 nitrogen and oxygen atoms in total. The van der Waals surface area contributed by atoms with Gasteiger partial charge in [0.05, 0.1) is 6.54 Å². The predicted molar refractivity (Wildman–Crippen MR) is 64.1 cm³/mol. The lowest BCUT2D eigenvalue weighted by molar-refractivity contribution is 0.248. The molecule has 1 aromatic carbocycles. The van der Waals surface area contributed by atoms with Crippen LogP contribution in [0.3, 0.4) is 0 Å². The van der Waals surface area contributed by atoms with Crippen LogP contribution in [-0.2, 0) is 6.42 Å². The van der Waals surface area contributed by atoms with Gasteiger partial charge in [-0.25, -0.2) is 4.39 Å². The van der Waals surface area contributed by atoms with E-state index in [0.717, 1.165) is 12.0 Å². The van der Waals surface area contributed by atoms with E-state index in [0.29, 0.717) is 19.5 Å². The summed E-state index contributed by atoms with van der Waals surface area (Å²) in [6.07, 6.45) is 5.89. The number of aryl methyl sites for hydroxylation is 1. The molecule has 16 heavy (non-hydrogen) atoms. The van der Waals surface area contributed by atoms with Crippen LogP contribution in [0, 0.1) is 12.3 Å². The highest BCUT2D eigenvalue weighted by Gasteiger charge is 2.28. The molecule has 2 unspecified atom stereocenters. The normalized spacial score (nSPS) is 23.5. The Morgan fingerprint density at radius 3 is 3.06 bits per heavy atom. The van der Waals surface area contributed by atoms with Gasteiger partial charge in [0, 0.05) is 12.5 Å². The zero-order chi connectivity index (χ0) is 11.4. The molecule has 0 saturated heterocycles. The minimum Gasteiger partial charge on any atom is -0.306 e. The number of fused-ring (bicyclic) bond motifs is 1. The molecule has 0 saturated carbocycles. The van der Waals surface area contributed by atoms with E-state index >= 15 is 0 Å². The first-order valence-corrected chi connectivity index (χ1v) is 5.69. The van der Waals surface area contributed by atoms with Crippen molar-refractivity contribution in [3.63, 3.8) is 0 Å². The largest absolute Gasteiger partial charge is 0.306 e. The van der Waals surface area contributed by atoms with E-state index in [1.165, 1.54) is 5.56 Å². The summed E-state index contributed by atoms with van der Waals surface area (Å²) in [5.74, 6) is 2.47. The molecule has 1 aromatic rings. The van der Waals surface area contributed by atoms with Gasteiger partial charge in [-0.3, -0.25) is 0 Å². The fraction of sp³-hybridized carbons (Fsp3) is 0.429. The summed E-state index contributed by atoms with van der Waals surface area (Å²) in [6, 6.07) is 8.12. The van der Waals surface area contributed by atoms with Crippen molar-refractivity contribution < 1.29 is 4.39 Å². The lowest BCUT2D eigenvalue weighted by Gasteiger charge is -2.28. The van der Waals surface area contributed by atoms with Crippen LogP contribution in [0.4, 0.5) is 4.39 Å². The third-order valence-corrected chi connectivity index (χ3v) is 3.17. The number of benzene rings is 1. The quantitative estimate of drug-likeness (QED) is 0.605. The Morgan fingerprint density at radius 2 is 2.25 bits per heavy atom. The Morgan fingerprint density at radius 1 is 1.44 bits per heavy atom. The van der Waals surface area contributed by atoms with Gasteiger partial charge in [0.1, 0.15) is 6.17 Å². The molecule has 0 aliphatic heterocycles. The molecule has 0 radical (unpaired) electrons. The van der Waals surface area contributed by atoms with Gasteiger partial charge >= 0.3 is 0 Å². The Labute approximate surface area is 96.1 Å². The second-order valence-electron chi connectivity index (χ2n) is 4.20. The van der Waals surface area contributed by atoms with Crippen LogP contribution in [-0.4, -0.2) is 19.3 Å². The molecule has 0 fully saturated rings. The molecular formula is C14H16FN. The van der Waals surface area contributed by atoms with Crippen molar-refractivity contribution in [3.8, 4) is 12.3 Å². The summed E-state index contributed by atoms with van der Waals surface area (Å²) in [4.78, 5) is 0. The van der Waals surface area contributed by atoms with Gasteiger partial charge in [0.2, 0.25) is 0 Å². The SMILES string of the molecule is C#CCNCC1c2ccccc2CCC1F. The maximum Gasteiger partial charge on any atom is 0.108 e. The molecule has 2 heteroatoms. The fourth-order valence-corrected chi connectivity index (χ4v) is 2.35. The molecule has 0 spiro atoms. The van der Waals surface area contributed by atoms with Crippen LogP contribution >= 0.6 is 0 Å². The van der Waals surface area contributed by atoms with Gasteiger partial charge in [-0.1, -0.05) is 30.2 Å². The lowest BCUT2D eigenvalue weighted by Crippen LogP contribution is -2.31. The smallest absolute Gasteiger partial charge is 0.108 e. The molecule has 0 amide bonds. The first-order valence-electron chi connectivity index (χ1n) is 5.69. The highest BCUT2D eigenvalue weighted by molar-refractivity contribution is 5.34. The van der Waals surface area contributed by atoms with Gasteiger partial charge in [-0.15, -0.1) is 6.42 Å². The van der Waals surface area contributed by atoms with E-state index in [4.69, 9.17) is 6.42 Å². The van der Waals surface area contributed by atoms with Gasteiger partial charge < -0.3 is 5.32 Å². The molecular weight excluding hydrogens is 201 g/mol. The molecule has 2 atom stereocenters. The van der Waals surface area contributed by atoms with E-state index in [9.17, 15) is 4.39 Å². The number of nitrogens with one attached hydrogen (secondary N) is 1. The summed E-state index contributed by atoms with van der Waals surface area (Å²) >= 11 is 0. The summed E-state index contributed by atoms with van der Waals surface area (Å²) in [6.45, 7) is 1.13. The van der Waals surface area contributed by atoms with Crippen molar-refractivity contribution in [2.45, 2.75) is 24.9 Å². The van der Waals surface area contributed by atoms with Crippen molar-refractivity contribution >= 4 is 0 Å². The Bertz CT molecular complexity index is 394. The van der Waals surface area contributed by atoms with Crippen molar-refractivity contribution in [2.24, 2.45) is 0 Å². The highest BCUT2D eigenvalue weighted by atomic mass is 19.1. The first kappa shape index (κ1) is 11.2. The summed E-state index contributed by atoms with van der Waals surface area (Å²) in [7, 11) is 0. The van der Waals surface area contributed by atoms with E-state index in [-0.39, 0.29) is 5.92 Å². The number of alkyl halides is 1. The topological polar surface area (TPSA) is 12.0 Å². The molecule has 1 aliphatic rings. The van der Waals surface area contributed by atoms with Gasteiger partial charge in [-0.2, -0.15) is 0 Å². The molecule has 1 N–H and O–H groups in total. The minimum absolute atomic E-state index is 0.0432. The van der Waals surface area contributed by atoms with Crippen molar-refractivity contribution in [1.29, 1.82) is 0 Å². The Balaban J connectivity index is 2.14. The van der Waals surface area contributed by atoms with Gasteiger partial charge in [-0.05, 0) is 24.0 Å². The monoisotopic (exact) mass is 217 g/mol. The van der Waals surface area contributed by atoms with Crippen molar-refractivity contribution in [1.82, 2.24) is 5.32 Å². The maximum atomic E-state index is 13.9. The molecule has 0 bridgehead atoms. The highest BCUT2D eigenvalue weighted by Crippen LogP contribution is 2.33. The number of terminal acetylenes is 1. The summed E-state index contributed by atoms with van der Waals surface area (Å²) in [5.41, 5.74) is 2.43. The molecule has 0 aromatic heterocycles. The van der Waals surface area contributed by atoms with E-state index < -0.39 is 6.17 Å². The summed E-state index contributed by atoms with van der Waals surface area (Å²) in [5, 5.41) is 3.10. The van der Waals surface area contributed by atoms with Crippen LogP contribution in [0.5, 0.6) is 0 Å². The molecule has 84 valence electrons. The minimum atomic E-state index is -0.750. The average molecular weight is 217 g/mol. The molecule has 1 aliphatic carbocycles. The van der Waals surface area contributed by atoms with Crippen LogP contribution in [0.1, 0.15) is 23.5 Å². The third kappa shape index (κ3) is 2.25. The zero-order valence-electron chi connectivity index (χ0n) is 9.25. The Kier molecular flexibility index (Phi) is 3.58. The Hall–Kier alpha value is -1.33. The lowest BCUT2D eigenvalue weighted by atomic mass is 9.81. The third-order valence-electron chi connectivity index (χ3n) is 3.17. The van der Waals surface area contributed by atoms with Crippen molar-refractivity contribution in [3.05, 3.63) is 35.4 Å². The van der Waals surface area contributed by atoms with E-state index in [2.05, 4.69) is 17.3 Å². The second-order valence-corrected chi connectivity index (χ2v) is 4.20. The number of hydrogen-bond acceptors (Lipinski definition) is 1. The van der Waals surface area contributed by atoms with Crippen LogP contribution in [0.2, 0.25) is 0 Å². The van der Waals surface area contributed by atoms with Gasteiger partial charge in [0.25, 0.3) is 0 Å². The van der Waals surface area contributed by atoms with Crippen LogP contribution in [0.25, 0.3) is 0 Å². The van der Waals surface area contributed by atoms with E-state index in [1.807, 2.05) is 18.2 Å². The maximum absolute atomic E-state index is 13.9. The van der Waals surface area contributed by atoms with Gasteiger partial charge in [0.15, 0.2) is 0 Å². The van der Waals surface area contributed by atoms with Crippen LogP contribution in [0.15, 0.2) is 24.3 Å². The number of halogens is 1. The van der Waals surface area contributed by atoms with Crippen molar-refractivity contribution in [2.75, 3.05) is 13.1 Å². The zero-order valence-corrected chi connectivity index (χ0v) is 9.25. The molecule has 2 rings (SSSR count). The van der Waals surface area contributed by atoms with E-state index in [1.54, 1.807) is 0 Å². The predicted octanol–water partition coefficient (Wildman–Crippen LogP) is 2.28. The fourth-order valence-electron chi connectivity index (χ4n) is 2.35. The second kappa shape index (κ2) is 5.14.